The zero-order valence-electron chi connectivity index (χ0n) is 12.8. The second kappa shape index (κ2) is 8.62. The Kier molecular flexibility index (Phi) is 6.52. The Balaban J connectivity index is 1.72. The average Bonchev–Trinajstić information content (AvgIpc) is 2.55. The van der Waals surface area contributed by atoms with Crippen molar-refractivity contribution in [3.8, 4) is 0 Å². The predicted octanol–water partition coefficient (Wildman–Crippen LogP) is 3.86. The van der Waals surface area contributed by atoms with Gasteiger partial charge in [-0.25, -0.2) is 8.78 Å². The van der Waals surface area contributed by atoms with E-state index in [2.05, 4.69) is 10.3 Å². The van der Waals surface area contributed by atoms with E-state index in [1.165, 1.54) is 6.07 Å². The molecule has 0 aliphatic heterocycles. The number of rotatable bonds is 7. The van der Waals surface area contributed by atoms with Gasteiger partial charge in [0.1, 0.15) is 0 Å². The molecule has 0 aliphatic rings. The molecule has 3 nitrogen and oxygen atoms in total. The zero-order chi connectivity index (χ0) is 16.7. The van der Waals surface area contributed by atoms with E-state index in [9.17, 15) is 13.6 Å². The topological polar surface area (TPSA) is 42.0 Å². The molecule has 122 valence electrons. The first-order valence-electron chi connectivity index (χ1n) is 7.28. The third-order valence-electron chi connectivity index (χ3n) is 3.27. The molecule has 2 aromatic rings. The molecule has 6 heteroatoms. The Labute approximate surface area is 138 Å². The van der Waals surface area contributed by atoms with Gasteiger partial charge in [-0.2, -0.15) is 11.8 Å². The number of nitrogens with one attached hydrogen (secondary N) is 1. The van der Waals surface area contributed by atoms with Crippen molar-refractivity contribution in [2.75, 3.05) is 5.75 Å². The van der Waals surface area contributed by atoms with E-state index in [0.717, 1.165) is 23.6 Å². The highest BCUT2D eigenvalue weighted by Crippen LogP contribution is 2.16. The van der Waals surface area contributed by atoms with Crippen molar-refractivity contribution in [2.24, 2.45) is 0 Å². The summed E-state index contributed by atoms with van der Waals surface area (Å²) in [6.07, 6.45) is 2.11. The molecule has 23 heavy (non-hydrogen) atoms. The van der Waals surface area contributed by atoms with E-state index in [1.54, 1.807) is 24.9 Å². The molecule has 0 fully saturated rings. The van der Waals surface area contributed by atoms with Crippen LogP contribution in [-0.4, -0.2) is 16.6 Å². The van der Waals surface area contributed by atoms with Gasteiger partial charge >= 0.3 is 0 Å². The fourth-order valence-electron chi connectivity index (χ4n) is 2.00. The molecule has 0 saturated heterocycles. The normalized spacial score (nSPS) is 12.0. The Morgan fingerprint density at radius 3 is 2.78 bits per heavy atom. The summed E-state index contributed by atoms with van der Waals surface area (Å²) >= 11 is 1.63. The Morgan fingerprint density at radius 2 is 2.09 bits per heavy atom. The number of halogens is 2. The van der Waals surface area contributed by atoms with Crippen molar-refractivity contribution in [1.29, 1.82) is 0 Å². The number of carbonyl (C=O) groups is 1. The van der Waals surface area contributed by atoms with Crippen LogP contribution in [0.15, 0.2) is 42.6 Å². The Morgan fingerprint density at radius 1 is 1.26 bits per heavy atom. The molecule has 0 radical (unpaired) electrons. The predicted molar refractivity (Wildman–Crippen MR) is 87.9 cm³/mol. The molecule has 0 spiro atoms. The fourth-order valence-corrected chi connectivity index (χ4v) is 2.86. The minimum absolute atomic E-state index is 0.115. The minimum atomic E-state index is -0.908. The number of amides is 1. The number of hydrogen-bond donors (Lipinski definition) is 1. The summed E-state index contributed by atoms with van der Waals surface area (Å²) in [5.41, 5.74) is 1.52. The fraction of sp³-hybridized carbons (Fsp3) is 0.294. The van der Waals surface area contributed by atoms with Gasteiger partial charge in [0, 0.05) is 24.1 Å². The van der Waals surface area contributed by atoms with Gasteiger partial charge in [-0.15, -0.1) is 0 Å². The maximum Gasteiger partial charge on any atom is 0.221 e. The van der Waals surface area contributed by atoms with Crippen molar-refractivity contribution in [1.82, 2.24) is 10.3 Å². The van der Waals surface area contributed by atoms with Crippen molar-refractivity contribution >= 4 is 17.7 Å². The molecule has 1 N–H and O–H groups in total. The molecule has 2 rings (SSSR count). The van der Waals surface area contributed by atoms with Gasteiger partial charge in [0.15, 0.2) is 11.6 Å². The second-order valence-electron chi connectivity index (χ2n) is 5.09. The van der Waals surface area contributed by atoms with Gasteiger partial charge in [0.05, 0.1) is 11.7 Å². The first-order chi connectivity index (χ1) is 11.1. The van der Waals surface area contributed by atoms with Crippen LogP contribution in [0, 0.1) is 11.6 Å². The van der Waals surface area contributed by atoms with E-state index in [0.29, 0.717) is 17.7 Å². The lowest BCUT2D eigenvalue weighted by Crippen LogP contribution is -2.27. The number of nitrogens with zero attached hydrogens (tertiary/aromatic N) is 1. The van der Waals surface area contributed by atoms with E-state index in [1.807, 2.05) is 18.2 Å². The van der Waals surface area contributed by atoms with Crippen LogP contribution >= 0.6 is 11.8 Å². The number of benzene rings is 1. The van der Waals surface area contributed by atoms with Gasteiger partial charge in [-0.3, -0.25) is 9.78 Å². The SMILES string of the molecule is CC(NC(=O)CCSCc1ccccn1)c1ccc(F)c(F)c1. The lowest BCUT2D eigenvalue weighted by molar-refractivity contribution is -0.121. The van der Waals surface area contributed by atoms with Crippen molar-refractivity contribution in [3.05, 3.63) is 65.5 Å². The summed E-state index contributed by atoms with van der Waals surface area (Å²) in [6.45, 7) is 1.74. The van der Waals surface area contributed by atoms with Crippen LogP contribution in [-0.2, 0) is 10.5 Å². The number of pyridine rings is 1. The van der Waals surface area contributed by atoms with E-state index in [4.69, 9.17) is 0 Å². The van der Waals surface area contributed by atoms with E-state index >= 15 is 0 Å². The maximum absolute atomic E-state index is 13.2. The first kappa shape index (κ1) is 17.4. The lowest BCUT2D eigenvalue weighted by Gasteiger charge is -2.14. The monoisotopic (exact) mass is 336 g/mol. The van der Waals surface area contributed by atoms with Crippen LogP contribution in [0.4, 0.5) is 8.78 Å². The molecule has 0 aliphatic carbocycles. The molecule has 1 amide bonds. The summed E-state index contributed by atoms with van der Waals surface area (Å²) in [6, 6.07) is 9.02. The maximum atomic E-state index is 13.2. The Hall–Kier alpha value is -1.95. The van der Waals surface area contributed by atoms with Gasteiger partial charge in [-0.05, 0) is 36.8 Å². The summed E-state index contributed by atoms with van der Waals surface area (Å²) < 4.78 is 26.1. The third kappa shape index (κ3) is 5.63. The van der Waals surface area contributed by atoms with Crippen LogP contribution in [0.3, 0.4) is 0 Å². The van der Waals surface area contributed by atoms with Crippen molar-refractivity contribution in [2.45, 2.75) is 25.1 Å². The first-order valence-corrected chi connectivity index (χ1v) is 8.43. The lowest BCUT2D eigenvalue weighted by atomic mass is 10.1. The van der Waals surface area contributed by atoms with E-state index in [-0.39, 0.29) is 11.9 Å². The molecule has 1 atom stereocenters. The highest BCUT2D eigenvalue weighted by atomic mass is 32.2. The summed E-state index contributed by atoms with van der Waals surface area (Å²) in [5, 5.41) is 2.78. The summed E-state index contributed by atoms with van der Waals surface area (Å²) in [5.74, 6) is -0.483. The largest absolute Gasteiger partial charge is 0.350 e. The van der Waals surface area contributed by atoms with Gasteiger partial charge in [-0.1, -0.05) is 12.1 Å². The number of thioether (sulfide) groups is 1. The number of aromatic nitrogens is 1. The van der Waals surface area contributed by atoms with Crippen LogP contribution in [0.2, 0.25) is 0 Å². The van der Waals surface area contributed by atoms with Crippen LogP contribution < -0.4 is 5.32 Å². The highest BCUT2D eigenvalue weighted by Gasteiger charge is 2.12. The average molecular weight is 336 g/mol. The van der Waals surface area contributed by atoms with Crippen molar-refractivity contribution in [3.63, 3.8) is 0 Å². The summed E-state index contributed by atoms with van der Waals surface area (Å²) in [7, 11) is 0. The second-order valence-corrected chi connectivity index (χ2v) is 6.19. The highest BCUT2D eigenvalue weighted by molar-refractivity contribution is 7.98. The number of carbonyl (C=O) groups excluding carboxylic acids is 1. The van der Waals surface area contributed by atoms with Gasteiger partial charge < -0.3 is 5.32 Å². The third-order valence-corrected chi connectivity index (χ3v) is 4.26. The minimum Gasteiger partial charge on any atom is -0.350 e. The zero-order valence-corrected chi connectivity index (χ0v) is 13.6. The molecule has 0 bridgehead atoms. The standard InChI is InChI=1S/C17H18F2N2OS/c1-12(13-5-6-15(18)16(19)10-13)21-17(22)7-9-23-11-14-4-2-3-8-20-14/h2-6,8,10,12H,7,9,11H2,1H3,(H,21,22). The van der Waals surface area contributed by atoms with Gasteiger partial charge in [0.2, 0.25) is 5.91 Å². The van der Waals surface area contributed by atoms with Crippen LogP contribution in [0.1, 0.15) is 30.6 Å². The molecule has 1 unspecified atom stereocenters. The molecule has 1 heterocycles. The quantitative estimate of drug-likeness (QED) is 0.781. The molecular weight excluding hydrogens is 318 g/mol. The Bertz CT molecular complexity index is 652. The number of hydrogen-bond acceptors (Lipinski definition) is 3. The van der Waals surface area contributed by atoms with Crippen LogP contribution in [0.5, 0.6) is 0 Å². The van der Waals surface area contributed by atoms with Crippen molar-refractivity contribution < 1.29 is 13.6 Å². The molecule has 0 saturated carbocycles. The van der Waals surface area contributed by atoms with E-state index < -0.39 is 11.6 Å². The van der Waals surface area contributed by atoms with Gasteiger partial charge in [0.25, 0.3) is 0 Å². The molecule has 1 aromatic heterocycles. The van der Waals surface area contributed by atoms with Crippen LogP contribution in [0.25, 0.3) is 0 Å². The smallest absolute Gasteiger partial charge is 0.221 e. The summed E-state index contributed by atoms with van der Waals surface area (Å²) in [4.78, 5) is 16.1. The molecular formula is C17H18F2N2OS. The molecule has 1 aromatic carbocycles.